The third-order valence-electron chi connectivity index (χ3n) is 2.30. The van der Waals surface area contributed by atoms with Crippen molar-refractivity contribution in [1.29, 1.82) is 0 Å². The Hall–Kier alpha value is -0.880. The first kappa shape index (κ1) is 9.67. The number of hydrogen-bond acceptors (Lipinski definition) is 4. The lowest BCUT2D eigenvalue weighted by Gasteiger charge is -2.25. The van der Waals surface area contributed by atoms with Crippen molar-refractivity contribution in [2.75, 3.05) is 18.6 Å². The van der Waals surface area contributed by atoms with Gasteiger partial charge in [-0.05, 0) is 7.05 Å². The number of nitrogens with one attached hydrogen (secondary N) is 1. The Labute approximate surface area is 83.0 Å². The largest absolute Gasteiger partial charge is 0.316 e. The molecule has 1 aliphatic rings. The summed E-state index contributed by atoms with van der Waals surface area (Å²) in [6, 6.07) is 0.0469. The first-order valence-electron chi connectivity index (χ1n) is 4.49. The molecule has 1 saturated heterocycles. The molecule has 1 aromatic heterocycles. The van der Waals surface area contributed by atoms with E-state index in [9.17, 15) is 8.42 Å². The maximum absolute atomic E-state index is 10.9. The van der Waals surface area contributed by atoms with Crippen molar-refractivity contribution in [2.24, 2.45) is 0 Å². The Morgan fingerprint density at radius 1 is 1.64 bits per heavy atom. The number of hydrogen-bond donors (Lipinski definition) is 1. The summed E-state index contributed by atoms with van der Waals surface area (Å²) in [6.45, 7) is 0.763. The third-order valence-corrected chi connectivity index (χ3v) is 4.09. The molecule has 5 nitrogen and oxygen atoms in total. The maximum atomic E-state index is 10.9. The molecule has 0 amide bonds. The lowest BCUT2D eigenvalue weighted by molar-refractivity contribution is 0.473. The fourth-order valence-electron chi connectivity index (χ4n) is 1.56. The van der Waals surface area contributed by atoms with E-state index in [0.29, 0.717) is 0 Å². The topological polar surface area (TPSA) is 64.0 Å². The van der Waals surface area contributed by atoms with Crippen molar-refractivity contribution in [3.05, 3.63) is 18.0 Å². The molecule has 2 heterocycles. The van der Waals surface area contributed by atoms with Gasteiger partial charge in [-0.25, -0.2) is 8.42 Å². The minimum Gasteiger partial charge on any atom is -0.316 e. The fourth-order valence-corrected chi connectivity index (χ4v) is 2.94. The van der Waals surface area contributed by atoms with Crippen LogP contribution in [0.15, 0.2) is 12.4 Å². The predicted octanol–water partition coefficient (Wildman–Crippen LogP) is -0.428. The molecule has 0 bridgehead atoms. The molecular formula is C8H13N3O2S. The summed E-state index contributed by atoms with van der Waals surface area (Å²) in [5.74, 6) is 0.460. The molecule has 14 heavy (non-hydrogen) atoms. The highest BCUT2D eigenvalue weighted by Gasteiger charge is 2.35. The maximum Gasteiger partial charge on any atom is 0.154 e. The van der Waals surface area contributed by atoms with Gasteiger partial charge < -0.3 is 5.32 Å². The van der Waals surface area contributed by atoms with Crippen molar-refractivity contribution in [3.63, 3.8) is 0 Å². The summed E-state index contributed by atoms with van der Waals surface area (Å²) >= 11 is 0. The van der Waals surface area contributed by atoms with Gasteiger partial charge in [-0.3, -0.25) is 4.68 Å². The second-order valence-electron chi connectivity index (χ2n) is 3.59. The number of sulfone groups is 1. The van der Waals surface area contributed by atoms with Gasteiger partial charge in [0.05, 0.1) is 23.7 Å². The Morgan fingerprint density at radius 3 is 2.93 bits per heavy atom. The molecule has 78 valence electrons. The molecule has 1 aliphatic heterocycles. The average molecular weight is 215 g/mol. The SMILES string of the molecule is CNCc1cnn(C2CS(=O)(=O)C2)c1. The Morgan fingerprint density at radius 2 is 2.36 bits per heavy atom. The van der Waals surface area contributed by atoms with Crippen LogP contribution in [-0.2, 0) is 16.4 Å². The standard InChI is InChI=1S/C8H13N3O2S/c1-9-2-7-3-10-11(4-7)8-5-14(12,13)6-8/h3-4,8-9H,2,5-6H2,1H3. The monoisotopic (exact) mass is 215 g/mol. The summed E-state index contributed by atoms with van der Waals surface area (Å²) < 4.78 is 23.6. The van der Waals surface area contributed by atoms with Gasteiger partial charge in [-0.15, -0.1) is 0 Å². The van der Waals surface area contributed by atoms with Gasteiger partial charge in [0.1, 0.15) is 0 Å². The van der Waals surface area contributed by atoms with E-state index in [1.54, 1.807) is 10.9 Å². The van der Waals surface area contributed by atoms with Crippen LogP contribution in [0.4, 0.5) is 0 Å². The minimum atomic E-state index is -2.76. The second kappa shape index (κ2) is 3.36. The van der Waals surface area contributed by atoms with Crippen LogP contribution in [-0.4, -0.2) is 36.8 Å². The van der Waals surface area contributed by atoms with Gasteiger partial charge in [0, 0.05) is 18.3 Å². The molecule has 1 N–H and O–H groups in total. The van der Waals surface area contributed by atoms with E-state index >= 15 is 0 Å². The van der Waals surface area contributed by atoms with E-state index in [1.165, 1.54) is 0 Å². The van der Waals surface area contributed by atoms with Gasteiger partial charge in [0.15, 0.2) is 9.84 Å². The van der Waals surface area contributed by atoms with E-state index in [1.807, 2.05) is 13.2 Å². The number of nitrogens with zero attached hydrogens (tertiary/aromatic N) is 2. The highest BCUT2D eigenvalue weighted by molar-refractivity contribution is 7.92. The zero-order valence-corrected chi connectivity index (χ0v) is 8.79. The summed E-state index contributed by atoms with van der Waals surface area (Å²) in [5.41, 5.74) is 1.08. The van der Waals surface area contributed by atoms with Crippen molar-refractivity contribution in [1.82, 2.24) is 15.1 Å². The van der Waals surface area contributed by atoms with Crippen LogP contribution in [0.5, 0.6) is 0 Å². The molecule has 0 atom stereocenters. The molecule has 0 spiro atoms. The van der Waals surface area contributed by atoms with Crippen LogP contribution >= 0.6 is 0 Å². The molecule has 0 aliphatic carbocycles. The summed E-state index contributed by atoms with van der Waals surface area (Å²) in [5, 5.41) is 7.15. The molecule has 0 radical (unpaired) electrons. The molecule has 1 aromatic rings. The quantitative estimate of drug-likeness (QED) is 0.743. The van der Waals surface area contributed by atoms with Gasteiger partial charge in [-0.1, -0.05) is 0 Å². The highest BCUT2D eigenvalue weighted by Crippen LogP contribution is 2.22. The highest BCUT2D eigenvalue weighted by atomic mass is 32.2. The molecule has 1 fully saturated rings. The van der Waals surface area contributed by atoms with Crippen molar-refractivity contribution >= 4 is 9.84 Å². The molecule has 0 saturated carbocycles. The van der Waals surface area contributed by atoms with Crippen LogP contribution in [0.3, 0.4) is 0 Å². The van der Waals surface area contributed by atoms with Gasteiger partial charge >= 0.3 is 0 Å². The van der Waals surface area contributed by atoms with Crippen molar-refractivity contribution < 1.29 is 8.42 Å². The van der Waals surface area contributed by atoms with Gasteiger partial charge in [0.2, 0.25) is 0 Å². The number of aromatic nitrogens is 2. The molecular weight excluding hydrogens is 202 g/mol. The summed E-state index contributed by atoms with van der Waals surface area (Å²) in [7, 11) is -0.892. The zero-order valence-electron chi connectivity index (χ0n) is 7.97. The van der Waals surface area contributed by atoms with E-state index < -0.39 is 9.84 Å². The van der Waals surface area contributed by atoms with Crippen molar-refractivity contribution in [3.8, 4) is 0 Å². The predicted molar refractivity (Wildman–Crippen MR) is 52.7 cm³/mol. The lowest BCUT2D eigenvalue weighted by atomic mass is 10.3. The zero-order chi connectivity index (χ0) is 10.2. The summed E-state index contributed by atoms with van der Waals surface area (Å²) in [6.07, 6.45) is 3.66. The Kier molecular flexibility index (Phi) is 2.32. The van der Waals surface area contributed by atoms with Crippen LogP contribution in [0.25, 0.3) is 0 Å². The fraction of sp³-hybridized carbons (Fsp3) is 0.625. The Bertz CT molecular complexity index is 412. The summed E-state index contributed by atoms with van der Waals surface area (Å²) in [4.78, 5) is 0. The van der Waals surface area contributed by atoms with Crippen LogP contribution in [0.1, 0.15) is 11.6 Å². The van der Waals surface area contributed by atoms with Gasteiger partial charge in [0.25, 0.3) is 0 Å². The van der Waals surface area contributed by atoms with E-state index in [2.05, 4.69) is 10.4 Å². The second-order valence-corrected chi connectivity index (χ2v) is 5.74. The van der Waals surface area contributed by atoms with E-state index in [4.69, 9.17) is 0 Å². The number of rotatable bonds is 3. The normalized spacial score (nSPS) is 20.6. The first-order valence-corrected chi connectivity index (χ1v) is 6.31. The van der Waals surface area contributed by atoms with Crippen LogP contribution in [0.2, 0.25) is 0 Å². The average Bonchev–Trinajstić information content (AvgIpc) is 2.49. The molecule has 0 aromatic carbocycles. The minimum absolute atomic E-state index is 0.0469. The van der Waals surface area contributed by atoms with Crippen molar-refractivity contribution in [2.45, 2.75) is 12.6 Å². The molecule has 2 rings (SSSR count). The third kappa shape index (κ3) is 1.80. The van der Waals surface area contributed by atoms with Crippen LogP contribution < -0.4 is 5.32 Å². The Balaban J connectivity index is 2.04. The van der Waals surface area contributed by atoms with E-state index in [0.717, 1.165) is 12.1 Å². The first-order chi connectivity index (χ1) is 6.61. The molecule has 6 heteroatoms. The van der Waals surface area contributed by atoms with E-state index in [-0.39, 0.29) is 17.5 Å². The molecule has 0 unspecified atom stereocenters. The lowest BCUT2D eigenvalue weighted by Crippen LogP contribution is -2.38. The van der Waals surface area contributed by atoms with Gasteiger partial charge in [-0.2, -0.15) is 5.10 Å². The smallest absolute Gasteiger partial charge is 0.154 e. The van der Waals surface area contributed by atoms with Crippen LogP contribution in [0, 0.1) is 0 Å².